The molecule has 0 aliphatic carbocycles. The van der Waals surface area contributed by atoms with Crippen LogP contribution in [0, 0.1) is 0 Å². The molecule has 0 spiro atoms. The van der Waals surface area contributed by atoms with Gasteiger partial charge in [0.05, 0.1) is 25.4 Å². The maximum Gasteiger partial charge on any atom is 0.220 e. The molecule has 0 bridgehead atoms. The van der Waals surface area contributed by atoms with Gasteiger partial charge in [0, 0.05) is 6.42 Å². The summed E-state index contributed by atoms with van der Waals surface area (Å²) in [7, 11) is 0. The van der Waals surface area contributed by atoms with Crippen molar-refractivity contribution in [2.24, 2.45) is 0 Å². The lowest BCUT2D eigenvalue weighted by atomic mass is 9.99. The highest BCUT2D eigenvalue weighted by molar-refractivity contribution is 5.76. The van der Waals surface area contributed by atoms with E-state index in [9.17, 15) is 30.3 Å². The van der Waals surface area contributed by atoms with Crippen LogP contribution in [0.2, 0.25) is 0 Å². The molecular formula is C54H103NO8. The van der Waals surface area contributed by atoms with Crippen molar-refractivity contribution < 1.29 is 39.8 Å². The number of carbonyl (C=O) groups excluding carboxylic acids is 1. The number of aliphatic hydroxyl groups excluding tert-OH is 5. The van der Waals surface area contributed by atoms with Crippen molar-refractivity contribution in [1.82, 2.24) is 5.32 Å². The SMILES string of the molecule is CCCCCCC/C=C\CCCCCCCC(=O)NC(COC1OC(CO)C(O)C(O)C1O)C(O)/C=C/CCCCCCCCCCCCCCCCCCCCCCCCCC. The summed E-state index contributed by atoms with van der Waals surface area (Å²) in [5.41, 5.74) is 0. The van der Waals surface area contributed by atoms with Gasteiger partial charge in [-0.2, -0.15) is 0 Å². The first-order valence-corrected chi connectivity index (χ1v) is 27.1. The van der Waals surface area contributed by atoms with Crippen LogP contribution in [0.4, 0.5) is 0 Å². The molecular weight excluding hydrogens is 791 g/mol. The first kappa shape index (κ1) is 59.7. The number of rotatable bonds is 46. The smallest absolute Gasteiger partial charge is 0.220 e. The first-order valence-electron chi connectivity index (χ1n) is 27.1. The summed E-state index contributed by atoms with van der Waals surface area (Å²) < 4.78 is 11.2. The van der Waals surface area contributed by atoms with Crippen molar-refractivity contribution in [3.8, 4) is 0 Å². The van der Waals surface area contributed by atoms with Crippen LogP contribution in [0.5, 0.6) is 0 Å². The predicted molar refractivity (Wildman–Crippen MR) is 263 cm³/mol. The number of amides is 1. The summed E-state index contributed by atoms with van der Waals surface area (Å²) in [5, 5.41) is 54.4. The van der Waals surface area contributed by atoms with Gasteiger partial charge in [0.25, 0.3) is 0 Å². The second kappa shape index (κ2) is 44.5. The van der Waals surface area contributed by atoms with Crippen LogP contribution >= 0.6 is 0 Å². The molecule has 7 atom stereocenters. The summed E-state index contributed by atoms with van der Waals surface area (Å²) in [5.74, 6) is -0.184. The van der Waals surface area contributed by atoms with Gasteiger partial charge < -0.3 is 40.3 Å². The van der Waals surface area contributed by atoms with Gasteiger partial charge in [-0.3, -0.25) is 4.79 Å². The van der Waals surface area contributed by atoms with Crippen molar-refractivity contribution in [1.29, 1.82) is 0 Å². The third-order valence-electron chi connectivity index (χ3n) is 13.0. The maximum absolute atomic E-state index is 13.0. The molecule has 1 aliphatic rings. The van der Waals surface area contributed by atoms with Crippen molar-refractivity contribution in [3.05, 3.63) is 24.3 Å². The Bertz CT molecular complexity index is 1040. The summed E-state index contributed by atoms with van der Waals surface area (Å²) in [6, 6.07) is -0.807. The zero-order chi connectivity index (χ0) is 45.9. The summed E-state index contributed by atoms with van der Waals surface area (Å²) in [6.45, 7) is 3.78. The molecule has 6 N–H and O–H groups in total. The highest BCUT2D eigenvalue weighted by Gasteiger charge is 2.44. The molecule has 1 saturated heterocycles. The molecule has 372 valence electrons. The number of allylic oxidation sites excluding steroid dienone is 3. The standard InChI is InChI=1S/C54H103NO8/c1-3-5-7-9-11-13-15-17-19-20-21-22-23-24-25-26-27-28-29-30-31-33-35-37-39-41-43-48(57)47(46-62-54-53(61)52(60)51(59)49(45-56)63-54)55-50(58)44-42-40-38-36-34-32-18-16-14-12-10-8-6-4-2/h16,18,41,43,47-49,51-54,56-57,59-61H,3-15,17,19-40,42,44-46H2,1-2H3,(H,55,58)/b18-16-,43-41+. The lowest BCUT2D eigenvalue weighted by Crippen LogP contribution is -2.60. The molecule has 9 nitrogen and oxygen atoms in total. The van der Waals surface area contributed by atoms with Gasteiger partial charge in [-0.25, -0.2) is 0 Å². The average Bonchev–Trinajstić information content (AvgIpc) is 3.28. The number of carbonyl (C=O) groups is 1. The van der Waals surface area contributed by atoms with E-state index in [1.807, 2.05) is 6.08 Å². The second-order valence-electron chi connectivity index (χ2n) is 19.0. The van der Waals surface area contributed by atoms with Crippen LogP contribution in [0.25, 0.3) is 0 Å². The van der Waals surface area contributed by atoms with Gasteiger partial charge in [-0.05, 0) is 44.9 Å². The minimum absolute atomic E-state index is 0.184. The third-order valence-corrected chi connectivity index (χ3v) is 13.0. The number of hydrogen-bond acceptors (Lipinski definition) is 8. The number of hydrogen-bond donors (Lipinski definition) is 6. The number of unbranched alkanes of at least 4 members (excludes halogenated alkanes) is 34. The molecule has 1 rings (SSSR count). The molecule has 0 radical (unpaired) electrons. The van der Waals surface area contributed by atoms with Crippen molar-refractivity contribution in [2.45, 2.75) is 301 Å². The summed E-state index contributed by atoms with van der Waals surface area (Å²) in [4.78, 5) is 13.0. The van der Waals surface area contributed by atoms with E-state index < -0.39 is 49.5 Å². The van der Waals surface area contributed by atoms with E-state index >= 15 is 0 Å². The first-order chi connectivity index (χ1) is 30.8. The maximum atomic E-state index is 13.0. The molecule has 0 saturated carbocycles. The van der Waals surface area contributed by atoms with Gasteiger partial charge in [-0.1, -0.05) is 231 Å². The number of aliphatic hydroxyl groups is 5. The highest BCUT2D eigenvalue weighted by atomic mass is 16.7. The van der Waals surface area contributed by atoms with E-state index in [-0.39, 0.29) is 12.5 Å². The minimum Gasteiger partial charge on any atom is -0.394 e. The monoisotopic (exact) mass is 894 g/mol. The van der Waals surface area contributed by atoms with Crippen molar-refractivity contribution in [2.75, 3.05) is 13.2 Å². The van der Waals surface area contributed by atoms with E-state index in [1.165, 1.54) is 180 Å². The van der Waals surface area contributed by atoms with E-state index in [4.69, 9.17) is 9.47 Å². The molecule has 7 unspecified atom stereocenters. The van der Waals surface area contributed by atoms with E-state index in [0.29, 0.717) is 6.42 Å². The second-order valence-corrected chi connectivity index (χ2v) is 19.0. The van der Waals surface area contributed by atoms with Crippen LogP contribution in [0.1, 0.15) is 258 Å². The van der Waals surface area contributed by atoms with E-state index in [1.54, 1.807) is 6.08 Å². The Balaban J connectivity index is 2.23. The zero-order valence-electron chi connectivity index (χ0n) is 41.1. The number of ether oxygens (including phenoxy) is 2. The van der Waals surface area contributed by atoms with Gasteiger partial charge in [0.15, 0.2) is 6.29 Å². The molecule has 1 aliphatic heterocycles. The Morgan fingerprint density at radius 2 is 0.889 bits per heavy atom. The fourth-order valence-electron chi connectivity index (χ4n) is 8.68. The van der Waals surface area contributed by atoms with Gasteiger partial charge in [-0.15, -0.1) is 0 Å². The number of nitrogens with one attached hydrogen (secondary N) is 1. The fourth-order valence-corrected chi connectivity index (χ4v) is 8.68. The molecule has 1 fully saturated rings. The Hall–Kier alpha value is -1.33. The molecule has 1 heterocycles. The quantitative estimate of drug-likeness (QED) is 0.0261. The normalized spacial score (nSPS) is 20.3. The van der Waals surface area contributed by atoms with Gasteiger partial charge in [0.2, 0.25) is 5.91 Å². The minimum atomic E-state index is -1.57. The largest absolute Gasteiger partial charge is 0.394 e. The molecule has 1 amide bonds. The Morgan fingerprint density at radius 1 is 0.524 bits per heavy atom. The molecule has 63 heavy (non-hydrogen) atoms. The van der Waals surface area contributed by atoms with Crippen LogP contribution in [-0.2, 0) is 14.3 Å². The Morgan fingerprint density at radius 3 is 1.29 bits per heavy atom. The van der Waals surface area contributed by atoms with Gasteiger partial charge in [0.1, 0.15) is 24.4 Å². The van der Waals surface area contributed by atoms with E-state index in [2.05, 4.69) is 31.3 Å². The average molecular weight is 894 g/mol. The Labute approximate surface area is 388 Å². The lowest BCUT2D eigenvalue weighted by Gasteiger charge is -2.40. The molecule has 0 aromatic carbocycles. The fraction of sp³-hybridized carbons (Fsp3) is 0.907. The molecule has 0 aromatic rings. The molecule has 9 heteroatoms. The van der Waals surface area contributed by atoms with Crippen molar-refractivity contribution in [3.63, 3.8) is 0 Å². The Kier molecular flexibility index (Phi) is 42.2. The predicted octanol–water partition coefficient (Wildman–Crippen LogP) is 12.6. The van der Waals surface area contributed by atoms with Crippen LogP contribution in [0.3, 0.4) is 0 Å². The van der Waals surface area contributed by atoms with Crippen molar-refractivity contribution >= 4 is 5.91 Å². The zero-order valence-corrected chi connectivity index (χ0v) is 41.1. The molecule has 0 aromatic heterocycles. The van der Waals surface area contributed by atoms with Crippen LogP contribution in [-0.4, -0.2) is 87.5 Å². The summed E-state index contributed by atoms with van der Waals surface area (Å²) in [6.07, 6.45) is 48.1. The van der Waals surface area contributed by atoms with Gasteiger partial charge >= 0.3 is 0 Å². The van der Waals surface area contributed by atoms with Crippen LogP contribution in [0.15, 0.2) is 24.3 Å². The third kappa shape index (κ3) is 34.6. The highest BCUT2D eigenvalue weighted by Crippen LogP contribution is 2.23. The lowest BCUT2D eigenvalue weighted by molar-refractivity contribution is -0.302. The van der Waals surface area contributed by atoms with E-state index in [0.717, 1.165) is 57.8 Å². The summed E-state index contributed by atoms with van der Waals surface area (Å²) >= 11 is 0. The van der Waals surface area contributed by atoms with Crippen LogP contribution < -0.4 is 5.32 Å². The topological polar surface area (TPSA) is 149 Å².